The summed E-state index contributed by atoms with van der Waals surface area (Å²) in [6.07, 6.45) is -4.30. The highest BCUT2D eigenvalue weighted by molar-refractivity contribution is 5.76. The molecule has 0 spiro atoms. The first-order valence-electron chi connectivity index (χ1n) is 8.46. The second-order valence-corrected chi connectivity index (χ2v) is 5.25. The van der Waals surface area contributed by atoms with E-state index in [0.29, 0.717) is 12.3 Å². The van der Waals surface area contributed by atoms with Crippen LogP contribution in [-0.4, -0.2) is 63.6 Å². The Bertz CT molecular complexity index is 300. The predicted molar refractivity (Wildman–Crippen MR) is 88.7 cm³/mol. The lowest BCUT2D eigenvalue weighted by atomic mass is 9.96. The Kier molecular flexibility index (Phi) is 14.6. The van der Waals surface area contributed by atoms with Gasteiger partial charge in [-0.3, -0.25) is 4.79 Å². The van der Waals surface area contributed by atoms with E-state index in [4.69, 9.17) is 9.84 Å². The Morgan fingerprint density at radius 2 is 1.61 bits per heavy atom. The number of ether oxygens (including phenoxy) is 1. The molecular formula is C16H35NO6. The maximum atomic E-state index is 11.6. The van der Waals surface area contributed by atoms with Crippen molar-refractivity contribution in [3.8, 4) is 0 Å². The molecule has 1 aliphatic heterocycles. The van der Waals surface area contributed by atoms with Gasteiger partial charge in [-0.15, -0.1) is 0 Å². The second-order valence-electron chi connectivity index (χ2n) is 5.25. The molecular weight excluding hydrogens is 302 g/mol. The molecule has 0 aliphatic carbocycles. The van der Waals surface area contributed by atoms with Crippen LogP contribution in [0.15, 0.2) is 0 Å². The normalized spacial score (nSPS) is 29.8. The van der Waals surface area contributed by atoms with Crippen molar-refractivity contribution < 1.29 is 30.0 Å². The quantitative estimate of drug-likeness (QED) is 0.495. The molecule has 0 aromatic heterocycles. The highest BCUT2D eigenvalue weighted by Gasteiger charge is 2.44. The number of nitrogens with one attached hydrogen (secondary N) is 1. The minimum atomic E-state index is -1.46. The maximum absolute atomic E-state index is 11.6. The highest BCUT2D eigenvalue weighted by Crippen LogP contribution is 2.20. The van der Waals surface area contributed by atoms with E-state index in [9.17, 15) is 20.1 Å². The van der Waals surface area contributed by atoms with Gasteiger partial charge >= 0.3 is 0 Å². The van der Waals surface area contributed by atoms with E-state index in [1.54, 1.807) is 0 Å². The zero-order chi connectivity index (χ0) is 18.6. The van der Waals surface area contributed by atoms with Crippen LogP contribution in [0.1, 0.15) is 54.4 Å². The van der Waals surface area contributed by atoms with Crippen LogP contribution >= 0.6 is 0 Å². The Labute approximate surface area is 139 Å². The van der Waals surface area contributed by atoms with E-state index in [-0.39, 0.29) is 12.3 Å². The molecule has 1 heterocycles. The number of hydrogen-bond acceptors (Lipinski definition) is 6. The molecule has 1 fully saturated rings. The number of hydrogen-bond donors (Lipinski definition) is 5. The average molecular weight is 337 g/mol. The lowest BCUT2D eigenvalue weighted by Crippen LogP contribution is -2.64. The fourth-order valence-electron chi connectivity index (χ4n) is 1.93. The van der Waals surface area contributed by atoms with E-state index in [0.717, 1.165) is 0 Å². The van der Waals surface area contributed by atoms with Crippen molar-refractivity contribution in [2.75, 3.05) is 6.61 Å². The molecule has 0 radical (unpaired) electrons. The van der Waals surface area contributed by atoms with Crippen LogP contribution in [0.4, 0.5) is 0 Å². The molecule has 5 unspecified atom stereocenters. The Morgan fingerprint density at radius 3 is 2.04 bits per heavy atom. The molecule has 0 aromatic carbocycles. The molecule has 5 N–H and O–H groups in total. The summed E-state index contributed by atoms with van der Waals surface area (Å²) < 4.78 is 4.94. The van der Waals surface area contributed by atoms with Gasteiger partial charge in [-0.2, -0.15) is 0 Å². The van der Waals surface area contributed by atoms with E-state index < -0.39 is 37.3 Å². The molecule has 7 heteroatoms. The van der Waals surface area contributed by atoms with Crippen LogP contribution in [0.2, 0.25) is 0 Å². The molecule has 1 saturated heterocycles. The summed E-state index contributed by atoms with van der Waals surface area (Å²) >= 11 is 0. The van der Waals surface area contributed by atoms with Crippen molar-refractivity contribution in [2.45, 2.75) is 85.0 Å². The van der Waals surface area contributed by atoms with Gasteiger partial charge in [0.25, 0.3) is 0 Å². The Balaban J connectivity index is 0. The highest BCUT2D eigenvalue weighted by atomic mass is 16.6. The summed E-state index contributed by atoms with van der Waals surface area (Å²) in [7, 11) is 0. The zero-order valence-electron chi connectivity index (χ0n) is 15.2. The maximum Gasteiger partial charge on any atom is 0.220 e. The van der Waals surface area contributed by atoms with Crippen LogP contribution < -0.4 is 5.32 Å². The van der Waals surface area contributed by atoms with Crippen molar-refractivity contribution in [3.05, 3.63) is 0 Å². The molecule has 1 aliphatic rings. The van der Waals surface area contributed by atoms with Gasteiger partial charge < -0.3 is 30.5 Å². The number of aliphatic hydroxyl groups is 4. The lowest BCUT2D eigenvalue weighted by Gasteiger charge is -2.40. The van der Waals surface area contributed by atoms with E-state index in [1.807, 2.05) is 41.5 Å². The number of aliphatic hydroxyl groups excluding tert-OH is 4. The van der Waals surface area contributed by atoms with Crippen LogP contribution in [0, 0.1) is 5.92 Å². The third kappa shape index (κ3) is 8.62. The number of amides is 1. The molecule has 140 valence electrons. The summed E-state index contributed by atoms with van der Waals surface area (Å²) in [6, 6.07) is -1.10. The fourth-order valence-corrected chi connectivity index (χ4v) is 1.93. The average Bonchev–Trinajstić information content (AvgIpc) is 2.56. The summed E-state index contributed by atoms with van der Waals surface area (Å²) in [5, 5.41) is 40.5. The van der Waals surface area contributed by atoms with Crippen LogP contribution in [0.3, 0.4) is 0 Å². The monoisotopic (exact) mass is 337 g/mol. The van der Waals surface area contributed by atoms with Gasteiger partial charge in [0, 0.05) is 6.42 Å². The first kappa shape index (κ1) is 24.5. The van der Waals surface area contributed by atoms with E-state index >= 15 is 0 Å². The SMILES string of the molecule is CC.CC.CC(C)CCC(=O)NC1C(O)OC(CO)C(O)C1O. The molecule has 0 aromatic rings. The van der Waals surface area contributed by atoms with Crippen molar-refractivity contribution >= 4 is 5.91 Å². The minimum absolute atomic E-state index is 0.271. The summed E-state index contributed by atoms with van der Waals surface area (Å²) in [4.78, 5) is 11.6. The zero-order valence-corrected chi connectivity index (χ0v) is 15.2. The minimum Gasteiger partial charge on any atom is -0.394 e. The summed E-state index contributed by atoms with van der Waals surface area (Å²) in [6.45, 7) is 11.4. The Morgan fingerprint density at radius 1 is 1.09 bits per heavy atom. The van der Waals surface area contributed by atoms with Gasteiger partial charge in [0.15, 0.2) is 6.29 Å². The van der Waals surface area contributed by atoms with Gasteiger partial charge in [-0.25, -0.2) is 0 Å². The molecule has 0 bridgehead atoms. The van der Waals surface area contributed by atoms with E-state index in [1.165, 1.54) is 0 Å². The summed E-state index contributed by atoms with van der Waals surface area (Å²) in [5.41, 5.74) is 0. The number of rotatable bonds is 5. The second kappa shape index (κ2) is 13.7. The summed E-state index contributed by atoms with van der Waals surface area (Å²) in [5.74, 6) is 0.0441. The van der Waals surface area contributed by atoms with Gasteiger partial charge in [0.2, 0.25) is 5.91 Å². The number of carbonyl (C=O) groups is 1. The topological polar surface area (TPSA) is 119 Å². The standard InChI is InChI=1S/C12H23NO6.2C2H6/c1-6(2)3-4-8(15)13-9-11(17)10(16)7(5-14)19-12(9)18;2*1-2/h6-7,9-12,14,16-18H,3-5H2,1-2H3,(H,13,15);2*1-2H3. The molecule has 1 rings (SSSR count). The first-order valence-corrected chi connectivity index (χ1v) is 8.46. The smallest absolute Gasteiger partial charge is 0.220 e. The van der Waals surface area contributed by atoms with Crippen molar-refractivity contribution in [1.29, 1.82) is 0 Å². The first-order chi connectivity index (χ1) is 10.9. The van der Waals surface area contributed by atoms with Crippen LogP contribution in [0.25, 0.3) is 0 Å². The molecule has 23 heavy (non-hydrogen) atoms. The molecule has 1 amide bonds. The van der Waals surface area contributed by atoms with E-state index in [2.05, 4.69) is 5.32 Å². The lowest BCUT2D eigenvalue weighted by molar-refractivity contribution is -0.253. The van der Waals surface area contributed by atoms with Gasteiger partial charge in [0.05, 0.1) is 6.61 Å². The fraction of sp³-hybridized carbons (Fsp3) is 0.938. The molecule has 7 nitrogen and oxygen atoms in total. The molecule has 0 saturated carbocycles. The van der Waals surface area contributed by atoms with Gasteiger partial charge in [-0.05, 0) is 12.3 Å². The predicted octanol–water partition coefficient (Wildman–Crippen LogP) is 0.391. The molecule has 5 atom stereocenters. The van der Waals surface area contributed by atoms with Crippen molar-refractivity contribution in [3.63, 3.8) is 0 Å². The van der Waals surface area contributed by atoms with Crippen LogP contribution in [-0.2, 0) is 9.53 Å². The van der Waals surface area contributed by atoms with Gasteiger partial charge in [0.1, 0.15) is 24.4 Å². The third-order valence-corrected chi connectivity index (χ3v) is 3.18. The number of carbonyl (C=O) groups excluding carboxylic acids is 1. The third-order valence-electron chi connectivity index (χ3n) is 3.18. The van der Waals surface area contributed by atoms with Crippen LogP contribution in [0.5, 0.6) is 0 Å². The van der Waals surface area contributed by atoms with Crippen molar-refractivity contribution in [2.24, 2.45) is 5.92 Å². The van der Waals surface area contributed by atoms with Crippen molar-refractivity contribution in [1.82, 2.24) is 5.32 Å². The largest absolute Gasteiger partial charge is 0.394 e. The van der Waals surface area contributed by atoms with Gasteiger partial charge in [-0.1, -0.05) is 41.5 Å². The Hall–Kier alpha value is -0.730.